The number of hydrogen-bond donors (Lipinski definition) is 1. The summed E-state index contributed by atoms with van der Waals surface area (Å²) in [5, 5.41) is 4.13. The third kappa shape index (κ3) is 6.73. The minimum absolute atomic E-state index is 0. The molecule has 1 fully saturated rings. The molecule has 0 atom stereocenters. The summed E-state index contributed by atoms with van der Waals surface area (Å²) in [6.07, 6.45) is 2.65. The van der Waals surface area contributed by atoms with Crippen molar-refractivity contribution >= 4 is 29.9 Å². The Morgan fingerprint density at radius 1 is 1.15 bits per heavy atom. The molecule has 3 rings (SSSR count). The van der Waals surface area contributed by atoms with Gasteiger partial charge in [-0.05, 0) is 43.1 Å². The van der Waals surface area contributed by atoms with Gasteiger partial charge in [-0.15, -0.1) is 12.4 Å². The van der Waals surface area contributed by atoms with Crippen LogP contribution in [-0.2, 0) is 17.9 Å². The Morgan fingerprint density at radius 2 is 1.96 bits per heavy atom. The molecule has 2 aromatic carbocycles. The van der Waals surface area contributed by atoms with Crippen molar-refractivity contribution in [1.82, 2.24) is 10.2 Å². The van der Waals surface area contributed by atoms with Gasteiger partial charge < -0.3 is 15.0 Å². The molecule has 0 saturated carbocycles. The Hall–Kier alpha value is -1.75. The predicted octanol–water partition coefficient (Wildman–Crippen LogP) is 4.44. The molecule has 0 aromatic heterocycles. The second-order valence-electron chi connectivity index (χ2n) is 6.54. The molecule has 0 aliphatic carbocycles. The minimum Gasteiger partial charge on any atom is -0.489 e. The average Bonchev–Trinajstić information content (AvgIpc) is 3.06. The van der Waals surface area contributed by atoms with Gasteiger partial charge in [0, 0.05) is 36.6 Å². The van der Waals surface area contributed by atoms with E-state index >= 15 is 0 Å². The van der Waals surface area contributed by atoms with Gasteiger partial charge in [-0.25, -0.2) is 0 Å². The SMILES string of the molecule is Cl.O=C1CCCN1CCCNCc1cc(Cl)ccc1OCc1ccccc1. The first kappa shape index (κ1) is 21.5. The fourth-order valence-electron chi connectivity index (χ4n) is 3.12. The minimum atomic E-state index is 0. The van der Waals surface area contributed by atoms with E-state index in [1.54, 1.807) is 0 Å². The Balaban J connectivity index is 0.00000261. The summed E-state index contributed by atoms with van der Waals surface area (Å²) in [5.41, 5.74) is 2.18. The quantitative estimate of drug-likeness (QED) is 0.623. The Bertz CT molecular complexity index is 725. The topological polar surface area (TPSA) is 41.6 Å². The summed E-state index contributed by atoms with van der Waals surface area (Å²) in [6, 6.07) is 15.8. The van der Waals surface area contributed by atoms with Crippen LogP contribution in [0.1, 0.15) is 30.4 Å². The molecule has 27 heavy (non-hydrogen) atoms. The fraction of sp³-hybridized carbons (Fsp3) is 0.381. The molecule has 0 spiro atoms. The smallest absolute Gasteiger partial charge is 0.222 e. The molecule has 0 bridgehead atoms. The predicted molar refractivity (Wildman–Crippen MR) is 112 cm³/mol. The number of likely N-dealkylation sites (tertiary alicyclic amines) is 1. The highest BCUT2D eigenvalue weighted by Gasteiger charge is 2.18. The van der Waals surface area contributed by atoms with E-state index in [9.17, 15) is 4.79 Å². The zero-order valence-electron chi connectivity index (χ0n) is 15.3. The molecule has 0 unspecified atom stereocenters. The van der Waals surface area contributed by atoms with Crippen LogP contribution in [0.15, 0.2) is 48.5 Å². The maximum atomic E-state index is 11.6. The molecule has 1 aliphatic rings. The number of benzene rings is 2. The number of ether oxygens (including phenoxy) is 1. The maximum Gasteiger partial charge on any atom is 0.222 e. The van der Waals surface area contributed by atoms with E-state index in [1.807, 2.05) is 53.4 Å². The number of hydrogen-bond acceptors (Lipinski definition) is 3. The zero-order chi connectivity index (χ0) is 18.2. The van der Waals surface area contributed by atoms with Crippen LogP contribution < -0.4 is 10.1 Å². The number of rotatable bonds is 9. The van der Waals surface area contributed by atoms with Crippen LogP contribution >= 0.6 is 24.0 Å². The average molecular weight is 409 g/mol. The van der Waals surface area contributed by atoms with Crippen molar-refractivity contribution in [2.75, 3.05) is 19.6 Å². The number of carbonyl (C=O) groups is 1. The van der Waals surface area contributed by atoms with E-state index in [-0.39, 0.29) is 18.3 Å². The van der Waals surface area contributed by atoms with Gasteiger partial charge in [-0.2, -0.15) is 0 Å². The van der Waals surface area contributed by atoms with Gasteiger partial charge in [0.15, 0.2) is 0 Å². The second-order valence-corrected chi connectivity index (χ2v) is 6.98. The maximum absolute atomic E-state index is 11.6. The Labute approximate surface area is 172 Å². The lowest BCUT2D eigenvalue weighted by Gasteiger charge is -2.16. The number of amides is 1. The van der Waals surface area contributed by atoms with Crippen molar-refractivity contribution in [3.8, 4) is 5.75 Å². The van der Waals surface area contributed by atoms with Crippen molar-refractivity contribution in [3.05, 3.63) is 64.7 Å². The van der Waals surface area contributed by atoms with Crippen molar-refractivity contribution in [2.24, 2.45) is 0 Å². The number of nitrogens with one attached hydrogen (secondary N) is 1. The van der Waals surface area contributed by atoms with Crippen LogP contribution in [0.2, 0.25) is 5.02 Å². The third-order valence-electron chi connectivity index (χ3n) is 4.53. The molecule has 0 radical (unpaired) electrons. The van der Waals surface area contributed by atoms with Crippen LogP contribution in [0.4, 0.5) is 0 Å². The standard InChI is InChI=1S/C21H25ClN2O2.ClH/c22-19-9-10-20(26-16-17-6-2-1-3-7-17)18(14-19)15-23-11-5-13-24-12-4-8-21(24)25;/h1-3,6-7,9-10,14,23H,4-5,8,11-13,15-16H2;1H. The fourth-order valence-corrected chi connectivity index (χ4v) is 3.32. The third-order valence-corrected chi connectivity index (χ3v) is 4.76. The Morgan fingerprint density at radius 3 is 2.70 bits per heavy atom. The summed E-state index contributed by atoms with van der Waals surface area (Å²) in [4.78, 5) is 13.6. The highest BCUT2D eigenvalue weighted by Crippen LogP contribution is 2.24. The molecular formula is C21H26Cl2N2O2. The van der Waals surface area contributed by atoms with E-state index in [1.165, 1.54) is 0 Å². The van der Waals surface area contributed by atoms with Gasteiger partial charge in [0.1, 0.15) is 12.4 Å². The number of carbonyl (C=O) groups excluding carboxylic acids is 1. The lowest BCUT2D eigenvalue weighted by Crippen LogP contribution is -2.28. The molecular weight excluding hydrogens is 383 g/mol. The van der Waals surface area contributed by atoms with Gasteiger partial charge in [0.05, 0.1) is 0 Å². The van der Waals surface area contributed by atoms with Crippen LogP contribution in [0.5, 0.6) is 5.75 Å². The molecule has 1 saturated heterocycles. The molecule has 6 heteroatoms. The molecule has 2 aromatic rings. The summed E-state index contributed by atoms with van der Waals surface area (Å²) in [6.45, 7) is 3.82. The van der Waals surface area contributed by atoms with Crippen LogP contribution in [0.25, 0.3) is 0 Å². The first-order valence-electron chi connectivity index (χ1n) is 9.16. The lowest BCUT2D eigenvalue weighted by molar-refractivity contribution is -0.127. The van der Waals surface area contributed by atoms with Crippen molar-refractivity contribution in [2.45, 2.75) is 32.4 Å². The first-order valence-corrected chi connectivity index (χ1v) is 9.54. The van der Waals surface area contributed by atoms with E-state index in [4.69, 9.17) is 16.3 Å². The van der Waals surface area contributed by atoms with Gasteiger partial charge in [0.2, 0.25) is 5.91 Å². The number of halogens is 2. The number of nitrogens with zero attached hydrogens (tertiary/aromatic N) is 1. The summed E-state index contributed by atoms with van der Waals surface area (Å²) in [7, 11) is 0. The first-order chi connectivity index (χ1) is 12.7. The normalized spacial score (nSPS) is 13.5. The largest absolute Gasteiger partial charge is 0.489 e. The van der Waals surface area contributed by atoms with Crippen molar-refractivity contribution < 1.29 is 9.53 Å². The van der Waals surface area contributed by atoms with Crippen LogP contribution in [0, 0.1) is 0 Å². The van der Waals surface area contributed by atoms with Crippen molar-refractivity contribution in [1.29, 1.82) is 0 Å². The van der Waals surface area contributed by atoms with E-state index in [0.717, 1.165) is 49.4 Å². The van der Waals surface area contributed by atoms with Crippen LogP contribution in [0.3, 0.4) is 0 Å². The van der Waals surface area contributed by atoms with Gasteiger partial charge >= 0.3 is 0 Å². The summed E-state index contributed by atoms with van der Waals surface area (Å²) >= 11 is 6.15. The molecule has 1 amide bonds. The summed E-state index contributed by atoms with van der Waals surface area (Å²) < 4.78 is 5.98. The zero-order valence-corrected chi connectivity index (χ0v) is 16.9. The van der Waals surface area contributed by atoms with Gasteiger partial charge in [-0.3, -0.25) is 4.79 Å². The van der Waals surface area contributed by atoms with E-state index in [0.29, 0.717) is 24.6 Å². The van der Waals surface area contributed by atoms with Crippen molar-refractivity contribution in [3.63, 3.8) is 0 Å². The monoisotopic (exact) mass is 408 g/mol. The lowest BCUT2D eigenvalue weighted by atomic mass is 10.2. The van der Waals surface area contributed by atoms with Gasteiger partial charge in [-0.1, -0.05) is 41.9 Å². The highest BCUT2D eigenvalue weighted by molar-refractivity contribution is 6.30. The van der Waals surface area contributed by atoms with Gasteiger partial charge in [0.25, 0.3) is 0 Å². The van der Waals surface area contributed by atoms with Crippen LogP contribution in [-0.4, -0.2) is 30.4 Å². The van der Waals surface area contributed by atoms with E-state index < -0.39 is 0 Å². The molecule has 1 N–H and O–H groups in total. The molecule has 1 heterocycles. The Kier molecular flexibility index (Phi) is 8.92. The molecule has 1 aliphatic heterocycles. The highest BCUT2D eigenvalue weighted by atomic mass is 35.5. The summed E-state index contributed by atoms with van der Waals surface area (Å²) in [5.74, 6) is 1.14. The second kappa shape index (κ2) is 11.2. The molecule has 146 valence electrons. The van der Waals surface area contributed by atoms with E-state index in [2.05, 4.69) is 5.32 Å². The molecule has 4 nitrogen and oxygen atoms in total.